The van der Waals surface area contributed by atoms with Crippen LogP contribution in [0, 0.1) is 13.8 Å². The molecule has 2 aromatic carbocycles. The molecule has 1 aliphatic rings. The summed E-state index contributed by atoms with van der Waals surface area (Å²) in [4.78, 5) is 12.7. The smallest absolute Gasteiger partial charge is 0.351 e. The highest BCUT2D eigenvalue weighted by atomic mass is 19.4. The van der Waals surface area contributed by atoms with Crippen molar-refractivity contribution in [2.45, 2.75) is 44.8 Å². The molecular weight excluding hydrogens is 327 g/mol. The number of aryl methyl sites for hydroxylation is 2. The molecule has 1 N–H and O–H groups in total. The Labute approximate surface area is 145 Å². The Morgan fingerprint density at radius 3 is 2.08 bits per heavy atom. The number of nitrogens with one attached hydrogen (secondary N) is 1. The van der Waals surface area contributed by atoms with Crippen LogP contribution in [0.2, 0.25) is 0 Å². The number of carbonyl (C=O) groups excluding carboxylic acids is 1. The molecule has 2 nitrogen and oxygen atoms in total. The molecule has 0 atom stereocenters. The highest BCUT2D eigenvalue weighted by Gasteiger charge is 2.51. The number of rotatable bonds is 4. The lowest BCUT2D eigenvalue weighted by Gasteiger charge is -2.17. The summed E-state index contributed by atoms with van der Waals surface area (Å²) < 4.78 is 37.7. The number of benzene rings is 2. The first-order chi connectivity index (χ1) is 11.7. The number of amides is 1. The Hall–Kier alpha value is -2.30. The summed E-state index contributed by atoms with van der Waals surface area (Å²) in [5.74, 6) is -0.0580. The highest BCUT2D eigenvalue weighted by molar-refractivity contribution is 5.91. The molecule has 0 radical (unpaired) electrons. The first kappa shape index (κ1) is 17.5. The van der Waals surface area contributed by atoms with Gasteiger partial charge >= 0.3 is 6.18 Å². The standard InChI is InChI=1S/C20H20F3NO/c1-13-9-14(2)11-17(10-13)19(7-8-19)18(25)24-12-15-3-5-16(6-4-15)20(21,22)23/h3-6,9-11H,7-8,12H2,1-2H3,(H,24,25). The van der Waals surface area contributed by atoms with E-state index >= 15 is 0 Å². The van der Waals surface area contributed by atoms with E-state index in [1.165, 1.54) is 12.1 Å². The Kier molecular flexibility index (Phi) is 4.35. The van der Waals surface area contributed by atoms with Gasteiger partial charge in [0.2, 0.25) is 5.91 Å². The van der Waals surface area contributed by atoms with Crippen LogP contribution in [0.1, 0.15) is 40.7 Å². The lowest BCUT2D eigenvalue weighted by Crippen LogP contribution is -2.34. The van der Waals surface area contributed by atoms with Gasteiger partial charge in [-0.15, -0.1) is 0 Å². The van der Waals surface area contributed by atoms with E-state index < -0.39 is 17.2 Å². The number of alkyl halides is 3. The van der Waals surface area contributed by atoms with E-state index in [9.17, 15) is 18.0 Å². The maximum Gasteiger partial charge on any atom is 0.416 e. The van der Waals surface area contributed by atoms with Gasteiger partial charge in [-0.25, -0.2) is 0 Å². The minimum absolute atomic E-state index is 0.0580. The normalized spacial score (nSPS) is 15.7. The van der Waals surface area contributed by atoms with Gasteiger partial charge < -0.3 is 5.32 Å². The van der Waals surface area contributed by atoms with Crippen LogP contribution in [0.15, 0.2) is 42.5 Å². The Bertz CT molecular complexity index is 769. The average Bonchev–Trinajstić information content (AvgIpc) is 3.33. The van der Waals surface area contributed by atoms with Crippen LogP contribution >= 0.6 is 0 Å². The molecule has 1 fully saturated rings. The van der Waals surface area contributed by atoms with E-state index in [2.05, 4.69) is 11.4 Å². The van der Waals surface area contributed by atoms with Crippen molar-refractivity contribution in [1.29, 1.82) is 0 Å². The van der Waals surface area contributed by atoms with E-state index in [0.717, 1.165) is 41.7 Å². The van der Waals surface area contributed by atoms with Crippen molar-refractivity contribution in [2.24, 2.45) is 0 Å². The summed E-state index contributed by atoms with van der Waals surface area (Å²) in [7, 11) is 0. The molecule has 0 bridgehead atoms. The number of carbonyl (C=O) groups is 1. The molecule has 0 unspecified atom stereocenters. The van der Waals surface area contributed by atoms with E-state index in [0.29, 0.717) is 5.56 Å². The van der Waals surface area contributed by atoms with Gasteiger partial charge in [-0.3, -0.25) is 4.79 Å². The molecule has 25 heavy (non-hydrogen) atoms. The van der Waals surface area contributed by atoms with Gasteiger partial charge in [-0.2, -0.15) is 13.2 Å². The van der Waals surface area contributed by atoms with Crippen molar-refractivity contribution in [1.82, 2.24) is 5.32 Å². The molecule has 5 heteroatoms. The van der Waals surface area contributed by atoms with Gasteiger partial charge in [0.05, 0.1) is 11.0 Å². The second-order valence-electron chi connectivity index (χ2n) is 6.84. The minimum atomic E-state index is -4.34. The van der Waals surface area contributed by atoms with E-state index in [1.807, 2.05) is 26.0 Å². The molecule has 3 rings (SSSR count). The fraction of sp³-hybridized carbons (Fsp3) is 0.350. The third kappa shape index (κ3) is 3.70. The second-order valence-corrected chi connectivity index (χ2v) is 6.84. The highest BCUT2D eigenvalue weighted by Crippen LogP contribution is 2.48. The van der Waals surface area contributed by atoms with Crippen LogP contribution < -0.4 is 5.32 Å². The fourth-order valence-corrected chi connectivity index (χ4v) is 3.19. The lowest BCUT2D eigenvalue weighted by atomic mass is 9.92. The summed E-state index contributed by atoms with van der Waals surface area (Å²) >= 11 is 0. The van der Waals surface area contributed by atoms with Crippen molar-refractivity contribution >= 4 is 5.91 Å². The first-order valence-electron chi connectivity index (χ1n) is 8.24. The number of hydrogen-bond acceptors (Lipinski definition) is 1. The maximum atomic E-state index is 12.7. The van der Waals surface area contributed by atoms with E-state index in [1.54, 1.807) is 0 Å². The topological polar surface area (TPSA) is 29.1 Å². The molecule has 0 aromatic heterocycles. The zero-order valence-corrected chi connectivity index (χ0v) is 14.2. The molecular formula is C20H20F3NO. The predicted molar refractivity (Wildman–Crippen MR) is 90.1 cm³/mol. The van der Waals surface area contributed by atoms with Crippen LogP contribution in [0.25, 0.3) is 0 Å². The molecule has 1 saturated carbocycles. The Morgan fingerprint density at radius 1 is 1.04 bits per heavy atom. The van der Waals surface area contributed by atoms with Gasteiger partial charge in [0.25, 0.3) is 0 Å². The van der Waals surface area contributed by atoms with Crippen LogP contribution in [-0.2, 0) is 22.9 Å². The molecule has 0 aliphatic heterocycles. The van der Waals surface area contributed by atoms with Crippen molar-refractivity contribution in [3.8, 4) is 0 Å². The van der Waals surface area contributed by atoms with E-state index in [-0.39, 0.29) is 12.5 Å². The maximum absolute atomic E-state index is 12.7. The van der Waals surface area contributed by atoms with Gasteiger partial charge in [0.1, 0.15) is 0 Å². The zero-order chi connectivity index (χ0) is 18.2. The number of hydrogen-bond donors (Lipinski definition) is 1. The monoisotopic (exact) mass is 347 g/mol. The largest absolute Gasteiger partial charge is 0.416 e. The summed E-state index contributed by atoms with van der Waals surface area (Å²) in [6, 6.07) is 11.0. The molecule has 0 saturated heterocycles. The van der Waals surface area contributed by atoms with Crippen molar-refractivity contribution < 1.29 is 18.0 Å². The van der Waals surface area contributed by atoms with E-state index in [4.69, 9.17) is 0 Å². The van der Waals surface area contributed by atoms with Crippen molar-refractivity contribution in [2.75, 3.05) is 0 Å². The summed E-state index contributed by atoms with van der Waals surface area (Å²) in [5.41, 5.74) is 2.75. The fourth-order valence-electron chi connectivity index (χ4n) is 3.19. The number of halogens is 3. The van der Waals surface area contributed by atoms with Gasteiger partial charge in [0, 0.05) is 6.54 Å². The zero-order valence-electron chi connectivity index (χ0n) is 14.2. The molecule has 0 heterocycles. The lowest BCUT2D eigenvalue weighted by molar-refractivity contribution is -0.137. The van der Waals surface area contributed by atoms with Gasteiger partial charge in [-0.1, -0.05) is 41.5 Å². The van der Waals surface area contributed by atoms with Crippen LogP contribution in [0.4, 0.5) is 13.2 Å². The third-order valence-corrected chi connectivity index (χ3v) is 4.69. The Balaban J connectivity index is 1.68. The van der Waals surface area contributed by atoms with Crippen molar-refractivity contribution in [3.05, 3.63) is 70.3 Å². The van der Waals surface area contributed by atoms with Gasteiger partial charge in [0.15, 0.2) is 0 Å². The summed E-state index contributed by atoms with van der Waals surface area (Å²) in [5, 5.41) is 2.88. The van der Waals surface area contributed by atoms with Crippen molar-refractivity contribution in [3.63, 3.8) is 0 Å². The van der Waals surface area contributed by atoms with Crippen LogP contribution in [0.5, 0.6) is 0 Å². The quantitative estimate of drug-likeness (QED) is 0.855. The van der Waals surface area contributed by atoms with Crippen LogP contribution in [-0.4, -0.2) is 5.91 Å². The Morgan fingerprint density at radius 2 is 1.60 bits per heavy atom. The first-order valence-corrected chi connectivity index (χ1v) is 8.24. The van der Waals surface area contributed by atoms with Crippen LogP contribution in [0.3, 0.4) is 0 Å². The molecule has 132 valence electrons. The minimum Gasteiger partial charge on any atom is -0.351 e. The third-order valence-electron chi connectivity index (χ3n) is 4.69. The molecule has 0 spiro atoms. The van der Waals surface area contributed by atoms with Gasteiger partial charge in [-0.05, 0) is 49.9 Å². The molecule has 2 aromatic rings. The summed E-state index contributed by atoms with van der Waals surface area (Å²) in [6.07, 6.45) is -2.74. The molecule has 1 amide bonds. The SMILES string of the molecule is Cc1cc(C)cc(C2(C(=O)NCc3ccc(C(F)(F)F)cc3)CC2)c1. The molecule has 1 aliphatic carbocycles. The predicted octanol–water partition coefficient (Wildman–Crippen LogP) is 4.67. The average molecular weight is 347 g/mol. The second kappa shape index (κ2) is 6.21. The summed E-state index contributed by atoms with van der Waals surface area (Å²) in [6.45, 7) is 4.24.